The van der Waals surface area contributed by atoms with Gasteiger partial charge in [0.15, 0.2) is 6.61 Å². The van der Waals surface area contributed by atoms with Crippen molar-refractivity contribution in [3.8, 4) is 22.9 Å². The minimum atomic E-state index is -0.213. The second kappa shape index (κ2) is 7.45. The van der Waals surface area contributed by atoms with E-state index in [4.69, 9.17) is 14.0 Å². The smallest absolute Gasteiger partial charge is 0.261 e. The van der Waals surface area contributed by atoms with Gasteiger partial charge in [0.1, 0.15) is 17.5 Å². The van der Waals surface area contributed by atoms with Gasteiger partial charge in [-0.15, -0.1) is 0 Å². The highest BCUT2D eigenvalue weighted by atomic mass is 16.5. The zero-order valence-corrected chi connectivity index (χ0v) is 14.7. The summed E-state index contributed by atoms with van der Waals surface area (Å²) in [7, 11) is 1.60. The van der Waals surface area contributed by atoms with Gasteiger partial charge in [0.25, 0.3) is 5.91 Å². The lowest BCUT2D eigenvalue weighted by Gasteiger charge is -2.38. The molecule has 1 aliphatic rings. The summed E-state index contributed by atoms with van der Waals surface area (Å²) in [5.41, 5.74) is 0.771. The molecule has 0 saturated carbocycles. The van der Waals surface area contributed by atoms with Gasteiger partial charge in [-0.05, 0) is 42.8 Å². The maximum Gasteiger partial charge on any atom is 0.261 e. The molecule has 3 heterocycles. The second-order valence-corrected chi connectivity index (χ2v) is 6.05. The quantitative estimate of drug-likeness (QED) is 0.662. The number of ether oxygens (including phenoxy) is 2. The third-order valence-electron chi connectivity index (χ3n) is 4.41. The van der Waals surface area contributed by atoms with Crippen LogP contribution < -0.4 is 9.47 Å². The van der Waals surface area contributed by atoms with Crippen LogP contribution in [0.2, 0.25) is 0 Å². The van der Waals surface area contributed by atoms with Crippen LogP contribution in [0.3, 0.4) is 0 Å². The van der Waals surface area contributed by atoms with Crippen molar-refractivity contribution in [1.82, 2.24) is 20.0 Å². The first-order chi connectivity index (χ1) is 13.2. The van der Waals surface area contributed by atoms with Gasteiger partial charge in [0.05, 0.1) is 7.11 Å². The molecule has 8 heteroatoms. The van der Waals surface area contributed by atoms with Crippen LogP contribution >= 0.6 is 0 Å². The van der Waals surface area contributed by atoms with E-state index in [-0.39, 0.29) is 18.6 Å². The zero-order chi connectivity index (χ0) is 18.6. The van der Waals surface area contributed by atoms with E-state index in [0.717, 1.165) is 17.7 Å². The number of benzene rings is 1. The van der Waals surface area contributed by atoms with Gasteiger partial charge in [-0.2, -0.15) is 4.98 Å². The number of methoxy groups -OCH3 is 1. The summed E-state index contributed by atoms with van der Waals surface area (Å²) in [5.74, 6) is 2.11. The maximum absolute atomic E-state index is 12.5. The van der Waals surface area contributed by atoms with Crippen molar-refractivity contribution in [2.75, 3.05) is 20.3 Å². The van der Waals surface area contributed by atoms with Crippen molar-refractivity contribution in [3.63, 3.8) is 0 Å². The van der Waals surface area contributed by atoms with E-state index < -0.39 is 0 Å². The Bertz CT molecular complexity index is 911. The molecule has 1 atom stereocenters. The molecule has 0 bridgehead atoms. The Morgan fingerprint density at radius 3 is 2.74 bits per heavy atom. The summed E-state index contributed by atoms with van der Waals surface area (Å²) in [6.45, 7) is 0.590. The molecule has 27 heavy (non-hydrogen) atoms. The summed E-state index contributed by atoms with van der Waals surface area (Å²) in [4.78, 5) is 22.6. The van der Waals surface area contributed by atoms with Crippen LogP contribution in [0.4, 0.5) is 0 Å². The molecule has 1 saturated heterocycles. The summed E-state index contributed by atoms with van der Waals surface area (Å²) in [6.07, 6.45) is 4.13. The van der Waals surface area contributed by atoms with Crippen molar-refractivity contribution in [2.24, 2.45) is 0 Å². The molecule has 0 radical (unpaired) electrons. The first kappa shape index (κ1) is 17.0. The van der Waals surface area contributed by atoms with E-state index in [9.17, 15) is 4.79 Å². The molecule has 4 rings (SSSR count). The highest BCUT2D eigenvalue weighted by Gasteiger charge is 2.37. The van der Waals surface area contributed by atoms with E-state index >= 15 is 0 Å². The van der Waals surface area contributed by atoms with Crippen molar-refractivity contribution in [2.45, 2.75) is 12.5 Å². The van der Waals surface area contributed by atoms with Crippen molar-refractivity contribution >= 4 is 5.91 Å². The fourth-order valence-electron chi connectivity index (χ4n) is 2.83. The van der Waals surface area contributed by atoms with Gasteiger partial charge < -0.3 is 18.9 Å². The fraction of sp³-hybridized carbons (Fsp3) is 0.263. The number of hydrogen-bond acceptors (Lipinski definition) is 7. The summed E-state index contributed by atoms with van der Waals surface area (Å²) in [6, 6.07) is 10.5. The molecule has 0 spiro atoms. The van der Waals surface area contributed by atoms with E-state index in [1.807, 2.05) is 6.07 Å². The van der Waals surface area contributed by atoms with Crippen LogP contribution in [-0.2, 0) is 4.79 Å². The molecule has 0 aliphatic carbocycles. The topological polar surface area (TPSA) is 90.6 Å². The molecule has 2 aromatic heterocycles. The molecule has 1 aromatic carbocycles. The third-order valence-corrected chi connectivity index (χ3v) is 4.41. The molecular weight excluding hydrogens is 348 g/mol. The third kappa shape index (κ3) is 3.59. The van der Waals surface area contributed by atoms with Crippen LogP contribution in [0.1, 0.15) is 18.4 Å². The van der Waals surface area contributed by atoms with E-state index in [2.05, 4.69) is 15.1 Å². The minimum Gasteiger partial charge on any atom is -0.497 e. The lowest BCUT2D eigenvalue weighted by atomic mass is 10.0. The van der Waals surface area contributed by atoms with Crippen LogP contribution in [0.25, 0.3) is 11.4 Å². The lowest BCUT2D eigenvalue weighted by Crippen LogP contribution is -2.47. The van der Waals surface area contributed by atoms with Crippen LogP contribution in [0.5, 0.6) is 11.5 Å². The molecule has 1 fully saturated rings. The number of carbonyl (C=O) groups is 1. The maximum atomic E-state index is 12.5. The van der Waals surface area contributed by atoms with Crippen LogP contribution in [-0.4, -0.2) is 46.2 Å². The number of nitrogens with zero attached hydrogens (tertiary/aromatic N) is 4. The molecule has 1 aliphatic heterocycles. The first-order valence-electron chi connectivity index (χ1n) is 8.55. The standard InChI is InChI=1S/C19H18N4O4/c1-25-14-4-6-15(7-5-14)26-12-17(24)23-10-8-16(23)19-21-18(22-27-19)13-3-2-9-20-11-13/h2-7,9,11,16H,8,10,12H2,1H3/t16-/m0/s1. The summed E-state index contributed by atoms with van der Waals surface area (Å²) < 4.78 is 16.0. The predicted octanol–water partition coefficient (Wildman–Crippen LogP) is 2.49. The Kier molecular flexibility index (Phi) is 4.69. The van der Waals surface area contributed by atoms with Crippen molar-refractivity contribution in [1.29, 1.82) is 0 Å². The Morgan fingerprint density at radius 1 is 1.26 bits per heavy atom. The number of pyridine rings is 1. The van der Waals surface area contributed by atoms with Crippen LogP contribution in [0, 0.1) is 0 Å². The minimum absolute atomic E-state index is 0.0492. The lowest BCUT2D eigenvalue weighted by molar-refractivity contribution is -0.142. The highest BCUT2D eigenvalue weighted by Crippen LogP contribution is 2.33. The Balaban J connectivity index is 1.37. The summed E-state index contributed by atoms with van der Waals surface area (Å²) >= 11 is 0. The molecule has 0 unspecified atom stereocenters. The Labute approximate surface area is 155 Å². The predicted molar refractivity (Wildman–Crippen MR) is 95.1 cm³/mol. The SMILES string of the molecule is COc1ccc(OCC(=O)N2CC[C@H]2c2nc(-c3cccnc3)no2)cc1. The number of rotatable bonds is 6. The van der Waals surface area contributed by atoms with Crippen LogP contribution in [0.15, 0.2) is 53.3 Å². The molecule has 1 amide bonds. The molecular formula is C19H18N4O4. The van der Waals surface area contributed by atoms with Gasteiger partial charge in [0, 0.05) is 24.5 Å². The van der Waals surface area contributed by atoms with Gasteiger partial charge >= 0.3 is 0 Å². The summed E-state index contributed by atoms with van der Waals surface area (Å²) in [5, 5.41) is 3.99. The number of amides is 1. The largest absolute Gasteiger partial charge is 0.497 e. The normalized spacial score (nSPS) is 15.9. The number of carbonyl (C=O) groups excluding carboxylic acids is 1. The first-order valence-corrected chi connectivity index (χ1v) is 8.55. The fourth-order valence-corrected chi connectivity index (χ4v) is 2.83. The van der Waals surface area contributed by atoms with Crippen molar-refractivity contribution in [3.05, 3.63) is 54.7 Å². The van der Waals surface area contributed by atoms with Gasteiger partial charge in [-0.25, -0.2) is 0 Å². The molecule has 138 valence electrons. The average Bonchev–Trinajstić information content (AvgIpc) is 3.16. The number of likely N-dealkylation sites (tertiary alicyclic amines) is 1. The zero-order valence-electron chi connectivity index (χ0n) is 14.7. The molecule has 3 aromatic rings. The van der Waals surface area contributed by atoms with Gasteiger partial charge in [0.2, 0.25) is 11.7 Å². The number of hydrogen-bond donors (Lipinski definition) is 0. The molecule has 8 nitrogen and oxygen atoms in total. The van der Waals surface area contributed by atoms with E-state index in [1.54, 1.807) is 54.7 Å². The van der Waals surface area contributed by atoms with E-state index in [1.165, 1.54) is 0 Å². The van der Waals surface area contributed by atoms with Gasteiger partial charge in [-0.3, -0.25) is 9.78 Å². The number of aromatic nitrogens is 3. The van der Waals surface area contributed by atoms with E-state index in [0.29, 0.717) is 24.0 Å². The van der Waals surface area contributed by atoms with Crippen molar-refractivity contribution < 1.29 is 18.8 Å². The highest BCUT2D eigenvalue weighted by molar-refractivity contribution is 5.79. The Morgan fingerprint density at radius 2 is 2.07 bits per heavy atom. The second-order valence-electron chi connectivity index (χ2n) is 6.05. The van der Waals surface area contributed by atoms with Gasteiger partial charge in [-0.1, -0.05) is 5.16 Å². The average molecular weight is 366 g/mol. The monoisotopic (exact) mass is 366 g/mol. The molecule has 0 N–H and O–H groups in total. The Hall–Kier alpha value is -3.42.